The molecule has 0 unspecified atom stereocenters. The minimum absolute atomic E-state index is 0.0691. The average molecular weight is 605 g/mol. The Bertz CT molecular complexity index is 1390. The molecular formula is C29H28ClF3N4O3S. The first-order chi connectivity index (χ1) is 19.7. The van der Waals surface area contributed by atoms with Crippen molar-refractivity contribution in [1.29, 1.82) is 0 Å². The molecule has 216 valence electrons. The summed E-state index contributed by atoms with van der Waals surface area (Å²) in [5.74, 6) is -0.944. The molecule has 0 radical (unpaired) electrons. The Hall–Kier alpha value is -3.25. The standard InChI is InChI=1S/C29H28ClF3N4O3S/c30-23-5-2-1-4-22(23)25-18-24(26-6-3-17-41-26)34-37(25)27(38)19-36(12-11-35-13-15-40-16-14-35)28(39)20-7-9-21(10-8-20)29(31,32)33/h1-10,17,25H,11-16,18-19H2/t25-/m0/s1. The molecule has 0 bridgehead atoms. The summed E-state index contributed by atoms with van der Waals surface area (Å²) in [5.41, 5.74) is 0.707. The van der Waals surface area contributed by atoms with Gasteiger partial charge in [-0.2, -0.15) is 18.3 Å². The van der Waals surface area contributed by atoms with Crippen LogP contribution in [0.3, 0.4) is 0 Å². The molecule has 0 saturated carbocycles. The number of morpholine rings is 1. The van der Waals surface area contributed by atoms with E-state index in [1.54, 1.807) is 6.07 Å². The Morgan fingerprint density at radius 1 is 1.05 bits per heavy atom. The summed E-state index contributed by atoms with van der Waals surface area (Å²) in [6.45, 7) is 2.90. The first kappa shape index (κ1) is 29.2. The summed E-state index contributed by atoms with van der Waals surface area (Å²) in [4.78, 5) is 31.8. The number of halogens is 4. The van der Waals surface area contributed by atoms with Crippen LogP contribution in [0.2, 0.25) is 5.02 Å². The number of nitrogens with zero attached hydrogens (tertiary/aromatic N) is 4. The van der Waals surface area contributed by atoms with Crippen molar-refractivity contribution in [1.82, 2.24) is 14.8 Å². The lowest BCUT2D eigenvalue weighted by Crippen LogP contribution is -2.46. The molecule has 2 aliphatic rings. The number of rotatable bonds is 8. The lowest BCUT2D eigenvalue weighted by molar-refractivity contribution is -0.137. The third kappa shape index (κ3) is 6.98. The van der Waals surface area contributed by atoms with Crippen LogP contribution in [-0.2, 0) is 15.7 Å². The molecule has 3 heterocycles. The fraction of sp³-hybridized carbons (Fsp3) is 0.345. The van der Waals surface area contributed by atoms with Crippen molar-refractivity contribution in [2.45, 2.75) is 18.6 Å². The smallest absolute Gasteiger partial charge is 0.379 e. The molecule has 0 spiro atoms. The van der Waals surface area contributed by atoms with Gasteiger partial charge in [-0.1, -0.05) is 35.9 Å². The Labute approximate surface area is 244 Å². The van der Waals surface area contributed by atoms with E-state index in [4.69, 9.17) is 16.3 Å². The summed E-state index contributed by atoms with van der Waals surface area (Å²) in [5, 5.41) is 8.49. The Kier molecular flexibility index (Phi) is 9.08. The van der Waals surface area contributed by atoms with Crippen molar-refractivity contribution in [3.05, 3.63) is 92.6 Å². The Balaban J connectivity index is 1.40. The number of alkyl halides is 3. The van der Waals surface area contributed by atoms with E-state index in [-0.39, 0.29) is 18.7 Å². The van der Waals surface area contributed by atoms with E-state index in [9.17, 15) is 22.8 Å². The molecule has 2 aliphatic heterocycles. The molecule has 41 heavy (non-hydrogen) atoms. The van der Waals surface area contributed by atoms with E-state index in [1.165, 1.54) is 21.2 Å². The van der Waals surface area contributed by atoms with Crippen molar-refractivity contribution in [3.8, 4) is 0 Å². The lowest BCUT2D eigenvalue weighted by atomic mass is 10.0. The number of thiophene rings is 1. The predicted octanol–water partition coefficient (Wildman–Crippen LogP) is 5.57. The largest absolute Gasteiger partial charge is 0.416 e. The van der Waals surface area contributed by atoms with Crippen LogP contribution >= 0.6 is 22.9 Å². The first-order valence-electron chi connectivity index (χ1n) is 13.1. The maximum absolute atomic E-state index is 13.8. The van der Waals surface area contributed by atoms with Gasteiger partial charge in [0.15, 0.2) is 0 Å². The van der Waals surface area contributed by atoms with E-state index >= 15 is 0 Å². The van der Waals surface area contributed by atoms with Gasteiger partial charge in [-0.3, -0.25) is 14.5 Å². The molecule has 1 saturated heterocycles. The second kappa shape index (κ2) is 12.7. The van der Waals surface area contributed by atoms with Gasteiger partial charge in [0, 0.05) is 43.2 Å². The van der Waals surface area contributed by atoms with E-state index in [0.717, 1.165) is 40.4 Å². The third-order valence-corrected chi connectivity index (χ3v) is 8.36. The van der Waals surface area contributed by atoms with Crippen LogP contribution in [0.25, 0.3) is 0 Å². The van der Waals surface area contributed by atoms with Gasteiger partial charge >= 0.3 is 6.18 Å². The number of hydrogen-bond acceptors (Lipinski definition) is 6. The molecule has 7 nitrogen and oxygen atoms in total. The maximum Gasteiger partial charge on any atom is 0.416 e. The van der Waals surface area contributed by atoms with Crippen LogP contribution in [-0.4, -0.2) is 78.3 Å². The number of hydrazone groups is 1. The average Bonchev–Trinajstić information content (AvgIpc) is 3.66. The highest BCUT2D eigenvalue weighted by Gasteiger charge is 2.36. The molecule has 2 aromatic carbocycles. The third-order valence-electron chi connectivity index (χ3n) is 7.10. The van der Waals surface area contributed by atoms with Gasteiger partial charge in [0.25, 0.3) is 11.8 Å². The molecule has 1 fully saturated rings. The van der Waals surface area contributed by atoms with E-state index in [0.29, 0.717) is 44.3 Å². The summed E-state index contributed by atoms with van der Waals surface area (Å²) in [6, 6.07) is 14.7. The summed E-state index contributed by atoms with van der Waals surface area (Å²) in [7, 11) is 0. The molecule has 3 aromatic rings. The molecule has 1 aromatic heterocycles. The monoisotopic (exact) mass is 604 g/mol. The number of carbonyl (C=O) groups is 2. The highest BCUT2D eigenvalue weighted by Crippen LogP contribution is 2.37. The number of hydrogen-bond donors (Lipinski definition) is 0. The van der Waals surface area contributed by atoms with Gasteiger partial charge in [0.2, 0.25) is 0 Å². The van der Waals surface area contributed by atoms with Gasteiger partial charge in [-0.15, -0.1) is 11.3 Å². The Morgan fingerprint density at radius 3 is 2.44 bits per heavy atom. The molecule has 1 atom stereocenters. The van der Waals surface area contributed by atoms with Gasteiger partial charge < -0.3 is 9.64 Å². The van der Waals surface area contributed by atoms with E-state index < -0.39 is 29.6 Å². The normalized spacial score (nSPS) is 17.9. The number of benzene rings is 2. The second-order valence-corrected chi connectivity index (χ2v) is 11.1. The second-order valence-electron chi connectivity index (χ2n) is 9.76. The van der Waals surface area contributed by atoms with Crippen molar-refractivity contribution in [3.63, 3.8) is 0 Å². The summed E-state index contributed by atoms with van der Waals surface area (Å²) < 4.78 is 44.7. The SMILES string of the molecule is O=C(c1ccc(C(F)(F)F)cc1)N(CCN1CCOCC1)CC(=O)N1N=C(c2cccs2)C[C@H]1c1ccccc1Cl. The van der Waals surface area contributed by atoms with E-state index in [1.807, 2.05) is 35.7 Å². The molecular weight excluding hydrogens is 577 g/mol. The van der Waals surface area contributed by atoms with E-state index in [2.05, 4.69) is 10.0 Å². The zero-order chi connectivity index (χ0) is 29.0. The first-order valence-corrected chi connectivity index (χ1v) is 14.4. The maximum atomic E-state index is 13.8. The van der Waals surface area contributed by atoms with Crippen LogP contribution in [0.5, 0.6) is 0 Å². The van der Waals surface area contributed by atoms with Gasteiger partial charge in [-0.25, -0.2) is 5.01 Å². The van der Waals surface area contributed by atoms with Crippen molar-refractivity contribution in [2.24, 2.45) is 5.10 Å². The number of amides is 2. The van der Waals surface area contributed by atoms with Crippen molar-refractivity contribution >= 4 is 40.5 Å². The van der Waals surface area contributed by atoms with Crippen LogP contribution < -0.4 is 0 Å². The molecule has 0 aliphatic carbocycles. The summed E-state index contributed by atoms with van der Waals surface area (Å²) >= 11 is 8.03. The highest BCUT2D eigenvalue weighted by atomic mass is 35.5. The minimum Gasteiger partial charge on any atom is -0.379 e. The molecule has 5 rings (SSSR count). The lowest BCUT2D eigenvalue weighted by Gasteiger charge is -2.31. The predicted molar refractivity (Wildman–Crippen MR) is 151 cm³/mol. The van der Waals surface area contributed by atoms with Gasteiger partial charge in [0.1, 0.15) is 6.54 Å². The zero-order valence-electron chi connectivity index (χ0n) is 22.0. The van der Waals surface area contributed by atoms with Crippen molar-refractivity contribution < 1.29 is 27.5 Å². The van der Waals surface area contributed by atoms with Crippen LogP contribution in [0.15, 0.2) is 71.1 Å². The minimum atomic E-state index is -4.52. The topological polar surface area (TPSA) is 65.5 Å². The van der Waals surface area contributed by atoms with Crippen LogP contribution in [0, 0.1) is 0 Å². The van der Waals surface area contributed by atoms with Crippen LogP contribution in [0.4, 0.5) is 13.2 Å². The highest BCUT2D eigenvalue weighted by molar-refractivity contribution is 7.12. The number of ether oxygens (including phenoxy) is 1. The van der Waals surface area contributed by atoms with Crippen molar-refractivity contribution in [2.75, 3.05) is 45.9 Å². The number of carbonyl (C=O) groups excluding carboxylic acids is 2. The zero-order valence-corrected chi connectivity index (χ0v) is 23.6. The molecule has 2 amide bonds. The summed E-state index contributed by atoms with van der Waals surface area (Å²) in [6.07, 6.45) is -4.06. The van der Waals surface area contributed by atoms with Crippen LogP contribution in [0.1, 0.15) is 38.8 Å². The quantitative estimate of drug-likeness (QED) is 0.337. The molecule has 12 heteroatoms. The van der Waals surface area contributed by atoms with Gasteiger partial charge in [0.05, 0.1) is 35.4 Å². The fourth-order valence-electron chi connectivity index (χ4n) is 4.88. The fourth-order valence-corrected chi connectivity index (χ4v) is 5.86. The Morgan fingerprint density at radius 2 is 1.78 bits per heavy atom. The molecule has 0 N–H and O–H groups in total. The van der Waals surface area contributed by atoms with Gasteiger partial charge in [-0.05, 0) is 47.3 Å².